The van der Waals surface area contributed by atoms with E-state index in [1.54, 1.807) is 12.1 Å². The molecule has 112 valence electrons. The Morgan fingerprint density at radius 2 is 1.86 bits per heavy atom. The van der Waals surface area contributed by atoms with Gasteiger partial charge < -0.3 is 20.3 Å². The van der Waals surface area contributed by atoms with Gasteiger partial charge in [0, 0.05) is 17.8 Å². The van der Waals surface area contributed by atoms with Gasteiger partial charge in [0.25, 0.3) is 0 Å². The normalized spacial score (nSPS) is 11.9. The van der Waals surface area contributed by atoms with Crippen molar-refractivity contribution >= 4 is 5.69 Å². The molecule has 0 saturated heterocycles. The van der Waals surface area contributed by atoms with Gasteiger partial charge >= 0.3 is 0 Å². The molecule has 3 N–H and O–H groups in total. The third-order valence-electron chi connectivity index (χ3n) is 3.22. The fourth-order valence-electron chi connectivity index (χ4n) is 2.11. The summed E-state index contributed by atoms with van der Waals surface area (Å²) in [6.07, 6.45) is 0.100. The third-order valence-corrected chi connectivity index (χ3v) is 3.22. The summed E-state index contributed by atoms with van der Waals surface area (Å²) >= 11 is 0. The number of ether oxygens (including phenoxy) is 1. The number of aliphatic hydroxyl groups excluding tert-OH is 1. The number of aliphatic hydroxyl groups is 1. The third kappa shape index (κ3) is 4.39. The molecule has 4 heteroatoms. The van der Waals surface area contributed by atoms with Crippen LogP contribution >= 0.6 is 0 Å². The van der Waals surface area contributed by atoms with Gasteiger partial charge in [0.1, 0.15) is 24.2 Å². The first-order valence-corrected chi connectivity index (χ1v) is 7.11. The van der Waals surface area contributed by atoms with Gasteiger partial charge in [0.15, 0.2) is 0 Å². The minimum absolute atomic E-state index is 0.220. The van der Waals surface area contributed by atoms with Crippen molar-refractivity contribution < 1.29 is 14.9 Å². The first-order chi connectivity index (χ1) is 10.2. The highest BCUT2D eigenvalue weighted by Gasteiger charge is 2.09. The lowest BCUT2D eigenvalue weighted by Gasteiger charge is -2.16. The minimum Gasteiger partial charge on any atom is -0.508 e. The molecule has 2 aromatic rings. The number of benzene rings is 2. The maximum Gasteiger partial charge on any atom is 0.120 e. The second kappa shape index (κ2) is 7.55. The number of hydrogen-bond donors (Lipinski definition) is 3. The predicted octanol–water partition coefficient (Wildman–Crippen LogP) is 2.81. The van der Waals surface area contributed by atoms with E-state index in [4.69, 9.17) is 4.74 Å². The minimum atomic E-state index is -0.628. The molecule has 0 aromatic heterocycles. The van der Waals surface area contributed by atoms with E-state index in [2.05, 4.69) is 5.32 Å². The number of para-hydroxylation sites is 1. The molecule has 0 saturated carbocycles. The summed E-state index contributed by atoms with van der Waals surface area (Å²) in [6.45, 7) is 2.57. The number of hydrogen-bond acceptors (Lipinski definition) is 4. The zero-order chi connectivity index (χ0) is 15.1. The number of phenolic OH excluding ortho intramolecular Hbond substituents is 1. The van der Waals surface area contributed by atoms with Crippen LogP contribution in [0.3, 0.4) is 0 Å². The molecule has 2 rings (SSSR count). The second-order valence-corrected chi connectivity index (χ2v) is 4.82. The second-order valence-electron chi connectivity index (χ2n) is 4.82. The zero-order valence-electron chi connectivity index (χ0n) is 12.1. The zero-order valence-corrected chi connectivity index (χ0v) is 12.1. The molecule has 0 bridgehead atoms. The largest absolute Gasteiger partial charge is 0.508 e. The van der Waals surface area contributed by atoms with Gasteiger partial charge in [-0.05, 0) is 30.7 Å². The van der Waals surface area contributed by atoms with E-state index in [0.29, 0.717) is 6.54 Å². The summed E-state index contributed by atoms with van der Waals surface area (Å²) in [4.78, 5) is 0. The highest BCUT2D eigenvalue weighted by molar-refractivity contribution is 5.57. The average Bonchev–Trinajstić information content (AvgIpc) is 2.52. The van der Waals surface area contributed by atoms with Crippen LogP contribution in [0.2, 0.25) is 0 Å². The van der Waals surface area contributed by atoms with Crippen LogP contribution in [0.15, 0.2) is 48.5 Å². The highest BCUT2D eigenvalue weighted by Crippen LogP contribution is 2.25. The van der Waals surface area contributed by atoms with Crippen molar-refractivity contribution in [3.05, 3.63) is 54.1 Å². The fourth-order valence-corrected chi connectivity index (χ4v) is 2.11. The molecular formula is C17H21NO3. The van der Waals surface area contributed by atoms with Crippen molar-refractivity contribution in [2.45, 2.75) is 19.4 Å². The molecule has 0 heterocycles. The van der Waals surface area contributed by atoms with Crippen LogP contribution < -0.4 is 10.1 Å². The van der Waals surface area contributed by atoms with Gasteiger partial charge in [-0.1, -0.05) is 31.2 Å². The molecule has 0 spiro atoms. The topological polar surface area (TPSA) is 61.7 Å². The Kier molecular flexibility index (Phi) is 5.46. The van der Waals surface area contributed by atoms with Crippen molar-refractivity contribution in [3.63, 3.8) is 0 Å². The van der Waals surface area contributed by atoms with Gasteiger partial charge in [-0.25, -0.2) is 0 Å². The van der Waals surface area contributed by atoms with E-state index in [-0.39, 0.29) is 12.4 Å². The first kappa shape index (κ1) is 15.2. The first-order valence-electron chi connectivity index (χ1n) is 7.11. The van der Waals surface area contributed by atoms with Crippen molar-refractivity contribution in [3.8, 4) is 11.5 Å². The lowest BCUT2D eigenvalue weighted by Crippen LogP contribution is -2.26. The summed E-state index contributed by atoms with van der Waals surface area (Å²) < 4.78 is 5.50. The number of anilines is 1. The Hall–Kier alpha value is -2.20. The number of rotatable bonds is 7. The quantitative estimate of drug-likeness (QED) is 0.733. The van der Waals surface area contributed by atoms with Gasteiger partial charge in [0.2, 0.25) is 0 Å². The van der Waals surface area contributed by atoms with Gasteiger partial charge in [-0.2, -0.15) is 0 Å². The van der Waals surface area contributed by atoms with Gasteiger partial charge in [-0.3, -0.25) is 0 Å². The van der Waals surface area contributed by atoms with E-state index in [1.165, 1.54) is 0 Å². The molecule has 21 heavy (non-hydrogen) atoms. The molecule has 0 aliphatic heterocycles. The smallest absolute Gasteiger partial charge is 0.120 e. The van der Waals surface area contributed by atoms with E-state index in [1.807, 2.05) is 43.3 Å². The highest BCUT2D eigenvalue weighted by atomic mass is 16.5. The van der Waals surface area contributed by atoms with E-state index in [9.17, 15) is 10.2 Å². The van der Waals surface area contributed by atoms with E-state index >= 15 is 0 Å². The molecule has 1 atom stereocenters. The van der Waals surface area contributed by atoms with Gasteiger partial charge in [-0.15, -0.1) is 0 Å². The SMILES string of the molecule is CCc1c(O)cccc1NCC(O)COc1ccccc1. The van der Waals surface area contributed by atoms with Crippen LogP contribution in [0.5, 0.6) is 11.5 Å². The van der Waals surface area contributed by atoms with Crippen LogP contribution in [0.4, 0.5) is 5.69 Å². The average molecular weight is 287 g/mol. The van der Waals surface area contributed by atoms with Crippen LogP contribution in [0.1, 0.15) is 12.5 Å². The molecule has 0 aliphatic carbocycles. The van der Waals surface area contributed by atoms with Crippen molar-refractivity contribution in [1.29, 1.82) is 0 Å². The number of aromatic hydroxyl groups is 1. The molecule has 2 aromatic carbocycles. The Balaban J connectivity index is 1.84. The van der Waals surface area contributed by atoms with Crippen LogP contribution in [-0.2, 0) is 6.42 Å². The molecule has 1 unspecified atom stereocenters. The summed E-state index contributed by atoms with van der Waals surface area (Å²) in [5, 5.41) is 22.9. The summed E-state index contributed by atoms with van der Waals surface area (Å²) in [5.41, 5.74) is 1.70. The summed E-state index contributed by atoms with van der Waals surface area (Å²) in [7, 11) is 0. The molecule has 0 radical (unpaired) electrons. The lowest BCUT2D eigenvalue weighted by atomic mass is 10.1. The van der Waals surface area contributed by atoms with Crippen LogP contribution in [0.25, 0.3) is 0 Å². The van der Waals surface area contributed by atoms with Crippen molar-refractivity contribution in [2.75, 3.05) is 18.5 Å². The molecule has 0 fully saturated rings. The molecular weight excluding hydrogens is 266 g/mol. The van der Waals surface area contributed by atoms with Crippen LogP contribution in [0, 0.1) is 0 Å². The van der Waals surface area contributed by atoms with E-state index < -0.39 is 6.10 Å². The Labute approximate surface area is 125 Å². The molecule has 4 nitrogen and oxygen atoms in total. The summed E-state index contributed by atoms with van der Waals surface area (Å²) in [6, 6.07) is 14.7. The number of nitrogens with one attached hydrogen (secondary N) is 1. The van der Waals surface area contributed by atoms with Crippen molar-refractivity contribution in [2.24, 2.45) is 0 Å². The standard InChI is InChI=1S/C17H21NO3/c1-2-15-16(9-6-10-17(15)20)18-11-13(19)12-21-14-7-4-3-5-8-14/h3-10,13,18-20H,2,11-12H2,1H3. The Bertz CT molecular complexity index is 557. The van der Waals surface area contributed by atoms with Crippen LogP contribution in [-0.4, -0.2) is 29.5 Å². The lowest BCUT2D eigenvalue weighted by molar-refractivity contribution is 0.117. The number of phenols is 1. The molecule has 0 aliphatic rings. The molecule has 0 amide bonds. The Morgan fingerprint density at radius 1 is 1.10 bits per heavy atom. The monoisotopic (exact) mass is 287 g/mol. The maximum atomic E-state index is 9.95. The van der Waals surface area contributed by atoms with Gasteiger partial charge in [0.05, 0.1) is 0 Å². The summed E-state index contributed by atoms with van der Waals surface area (Å²) in [5.74, 6) is 1.01. The Morgan fingerprint density at radius 3 is 2.57 bits per heavy atom. The van der Waals surface area contributed by atoms with Crippen molar-refractivity contribution in [1.82, 2.24) is 0 Å². The maximum absolute atomic E-state index is 9.95. The van der Waals surface area contributed by atoms with E-state index in [0.717, 1.165) is 23.4 Å². The fraction of sp³-hybridized carbons (Fsp3) is 0.294. The predicted molar refractivity (Wildman–Crippen MR) is 83.9 cm³/mol.